The SMILES string of the molecule is CCO[C@H]1CC[C@H]2[C@H]1OCCN2S(=O)(=O)c1cn(C)cn1. The molecule has 2 fully saturated rings. The highest BCUT2D eigenvalue weighted by molar-refractivity contribution is 7.89. The summed E-state index contributed by atoms with van der Waals surface area (Å²) in [5.41, 5.74) is 0. The van der Waals surface area contributed by atoms with Gasteiger partial charge in [-0.2, -0.15) is 4.31 Å². The molecule has 8 heteroatoms. The molecule has 3 atom stereocenters. The van der Waals surface area contributed by atoms with E-state index in [1.165, 1.54) is 12.5 Å². The van der Waals surface area contributed by atoms with E-state index in [1.807, 2.05) is 6.92 Å². The summed E-state index contributed by atoms with van der Waals surface area (Å²) < 4.78 is 40.2. The maximum absolute atomic E-state index is 12.8. The molecule has 2 heterocycles. The Labute approximate surface area is 124 Å². The van der Waals surface area contributed by atoms with E-state index in [-0.39, 0.29) is 23.3 Å². The van der Waals surface area contributed by atoms with Gasteiger partial charge in [-0.1, -0.05) is 0 Å². The molecule has 21 heavy (non-hydrogen) atoms. The fourth-order valence-corrected chi connectivity index (χ4v) is 4.83. The number of fused-ring (bicyclic) bond motifs is 1. The Morgan fingerprint density at radius 2 is 2.29 bits per heavy atom. The first-order chi connectivity index (χ1) is 10.0. The van der Waals surface area contributed by atoms with Gasteiger partial charge in [0.1, 0.15) is 6.10 Å². The zero-order chi connectivity index (χ0) is 15.0. The number of aryl methyl sites for hydroxylation is 1. The second kappa shape index (κ2) is 5.68. The Balaban J connectivity index is 1.85. The molecule has 1 aliphatic heterocycles. The number of hydrogen-bond donors (Lipinski definition) is 0. The van der Waals surface area contributed by atoms with Gasteiger partial charge in [-0.05, 0) is 19.8 Å². The summed E-state index contributed by atoms with van der Waals surface area (Å²) in [5, 5.41) is 0.102. The fraction of sp³-hybridized carbons (Fsp3) is 0.769. The Bertz CT molecular complexity index is 600. The van der Waals surface area contributed by atoms with Crippen molar-refractivity contribution in [3.63, 3.8) is 0 Å². The van der Waals surface area contributed by atoms with Gasteiger partial charge in [-0.3, -0.25) is 0 Å². The largest absolute Gasteiger partial charge is 0.376 e. The van der Waals surface area contributed by atoms with Crippen LogP contribution in [-0.2, 0) is 26.5 Å². The first-order valence-electron chi connectivity index (χ1n) is 7.27. The molecule has 118 valence electrons. The van der Waals surface area contributed by atoms with Gasteiger partial charge in [0.05, 0.1) is 25.1 Å². The maximum atomic E-state index is 12.8. The standard InChI is InChI=1S/C13H21N3O4S/c1-3-19-11-5-4-10-13(11)20-7-6-16(10)21(17,18)12-8-15(2)9-14-12/h8-11,13H,3-7H2,1-2H3/t10-,11-,13+/m0/s1. The molecule has 0 bridgehead atoms. The highest BCUT2D eigenvalue weighted by Gasteiger charge is 2.47. The van der Waals surface area contributed by atoms with Crippen molar-refractivity contribution in [3.8, 4) is 0 Å². The number of sulfonamides is 1. The quantitative estimate of drug-likeness (QED) is 0.803. The van der Waals surface area contributed by atoms with Crippen LogP contribution in [0.15, 0.2) is 17.6 Å². The molecule has 1 aliphatic carbocycles. The Morgan fingerprint density at radius 1 is 1.48 bits per heavy atom. The first kappa shape index (κ1) is 15.0. The van der Waals surface area contributed by atoms with Crippen LogP contribution in [-0.4, -0.2) is 60.3 Å². The molecule has 7 nitrogen and oxygen atoms in total. The number of rotatable bonds is 4. The van der Waals surface area contributed by atoms with Crippen molar-refractivity contribution in [1.82, 2.24) is 13.9 Å². The Morgan fingerprint density at radius 3 is 2.95 bits per heavy atom. The van der Waals surface area contributed by atoms with E-state index in [1.54, 1.807) is 15.9 Å². The van der Waals surface area contributed by atoms with Crippen LogP contribution in [0.3, 0.4) is 0 Å². The van der Waals surface area contributed by atoms with Gasteiger partial charge in [0.25, 0.3) is 10.0 Å². The molecular formula is C13H21N3O4S. The smallest absolute Gasteiger partial charge is 0.262 e. The van der Waals surface area contributed by atoms with Crippen LogP contribution in [0.5, 0.6) is 0 Å². The van der Waals surface area contributed by atoms with Crippen LogP contribution in [0.25, 0.3) is 0 Å². The summed E-state index contributed by atoms with van der Waals surface area (Å²) in [5.74, 6) is 0. The summed E-state index contributed by atoms with van der Waals surface area (Å²) in [6.45, 7) is 3.33. The molecule has 0 spiro atoms. The van der Waals surface area contributed by atoms with Gasteiger partial charge in [0, 0.05) is 26.4 Å². The number of imidazole rings is 1. The number of aromatic nitrogens is 2. The van der Waals surface area contributed by atoms with E-state index in [9.17, 15) is 8.42 Å². The third kappa shape index (κ3) is 2.61. The highest BCUT2D eigenvalue weighted by Crippen LogP contribution is 2.34. The third-order valence-corrected chi connectivity index (χ3v) is 5.93. The van der Waals surface area contributed by atoms with E-state index >= 15 is 0 Å². The molecule has 3 rings (SSSR count). The van der Waals surface area contributed by atoms with E-state index < -0.39 is 10.0 Å². The first-order valence-corrected chi connectivity index (χ1v) is 8.71. The lowest BCUT2D eigenvalue weighted by Crippen LogP contribution is -2.53. The summed E-state index contributed by atoms with van der Waals surface area (Å²) >= 11 is 0. The lowest BCUT2D eigenvalue weighted by molar-refractivity contribution is -0.0938. The predicted octanol–water partition coefficient (Wildman–Crippen LogP) is 0.377. The fourth-order valence-electron chi connectivity index (χ4n) is 3.22. The molecule has 0 aromatic carbocycles. The lowest BCUT2D eigenvalue weighted by atomic mass is 10.1. The van der Waals surface area contributed by atoms with Gasteiger partial charge >= 0.3 is 0 Å². The number of nitrogens with zero attached hydrogens (tertiary/aromatic N) is 3. The molecule has 1 aromatic heterocycles. The van der Waals surface area contributed by atoms with Gasteiger partial charge in [0.15, 0.2) is 5.03 Å². The second-order valence-electron chi connectivity index (χ2n) is 5.47. The number of hydrogen-bond acceptors (Lipinski definition) is 5. The van der Waals surface area contributed by atoms with Gasteiger partial charge in [-0.25, -0.2) is 13.4 Å². The minimum atomic E-state index is -3.57. The van der Waals surface area contributed by atoms with Gasteiger partial charge in [-0.15, -0.1) is 0 Å². The molecule has 1 aromatic rings. The average molecular weight is 315 g/mol. The van der Waals surface area contributed by atoms with Crippen LogP contribution in [0.2, 0.25) is 0 Å². The molecule has 0 N–H and O–H groups in total. The molecule has 2 aliphatic rings. The summed E-state index contributed by atoms with van der Waals surface area (Å²) in [6, 6.07) is -0.151. The minimum absolute atomic E-state index is 0.0123. The van der Waals surface area contributed by atoms with Crippen LogP contribution >= 0.6 is 0 Å². The van der Waals surface area contributed by atoms with Crippen molar-refractivity contribution in [2.45, 2.75) is 43.0 Å². The minimum Gasteiger partial charge on any atom is -0.376 e. The molecule has 1 saturated carbocycles. The number of morpholine rings is 1. The van der Waals surface area contributed by atoms with Crippen LogP contribution in [0, 0.1) is 0 Å². The molecule has 0 unspecified atom stereocenters. The zero-order valence-corrected chi connectivity index (χ0v) is 13.1. The molecule has 1 saturated heterocycles. The van der Waals surface area contributed by atoms with Crippen molar-refractivity contribution in [1.29, 1.82) is 0 Å². The topological polar surface area (TPSA) is 73.7 Å². The average Bonchev–Trinajstić information content (AvgIpc) is 3.06. The summed E-state index contributed by atoms with van der Waals surface area (Å²) in [6.07, 6.45) is 4.45. The van der Waals surface area contributed by atoms with Crippen molar-refractivity contribution in [2.24, 2.45) is 7.05 Å². The Kier molecular flexibility index (Phi) is 4.04. The summed E-state index contributed by atoms with van der Waals surface area (Å²) in [4.78, 5) is 3.99. The van der Waals surface area contributed by atoms with Crippen LogP contribution in [0.1, 0.15) is 19.8 Å². The molecule has 0 amide bonds. The predicted molar refractivity (Wildman–Crippen MR) is 75.3 cm³/mol. The summed E-state index contributed by atoms with van der Waals surface area (Å²) in [7, 11) is -1.81. The maximum Gasteiger partial charge on any atom is 0.262 e. The molecule has 0 radical (unpaired) electrons. The highest BCUT2D eigenvalue weighted by atomic mass is 32.2. The van der Waals surface area contributed by atoms with Crippen molar-refractivity contribution < 1.29 is 17.9 Å². The monoisotopic (exact) mass is 315 g/mol. The van der Waals surface area contributed by atoms with Crippen LogP contribution in [0.4, 0.5) is 0 Å². The van der Waals surface area contributed by atoms with E-state index in [0.717, 1.165) is 12.8 Å². The number of ether oxygens (including phenoxy) is 2. The van der Waals surface area contributed by atoms with E-state index in [4.69, 9.17) is 9.47 Å². The lowest BCUT2D eigenvalue weighted by Gasteiger charge is -2.37. The zero-order valence-electron chi connectivity index (χ0n) is 12.3. The Hall–Kier alpha value is -0.960. The normalized spacial score (nSPS) is 30.5. The van der Waals surface area contributed by atoms with Crippen molar-refractivity contribution in [3.05, 3.63) is 12.5 Å². The van der Waals surface area contributed by atoms with Gasteiger partial charge < -0.3 is 14.0 Å². The van der Waals surface area contributed by atoms with E-state index in [2.05, 4.69) is 4.98 Å². The van der Waals surface area contributed by atoms with Crippen molar-refractivity contribution in [2.75, 3.05) is 19.8 Å². The van der Waals surface area contributed by atoms with Crippen LogP contribution < -0.4 is 0 Å². The van der Waals surface area contributed by atoms with Gasteiger partial charge in [0.2, 0.25) is 0 Å². The second-order valence-corrected chi connectivity index (χ2v) is 7.30. The molecular weight excluding hydrogens is 294 g/mol. The van der Waals surface area contributed by atoms with Crippen molar-refractivity contribution >= 4 is 10.0 Å². The third-order valence-electron chi connectivity index (χ3n) is 4.12. The van der Waals surface area contributed by atoms with E-state index in [0.29, 0.717) is 19.8 Å².